The Kier molecular flexibility index (Phi) is 3.92. The number of ether oxygens (including phenoxy) is 2. The second-order valence-corrected chi connectivity index (χ2v) is 4.89. The summed E-state index contributed by atoms with van der Waals surface area (Å²) in [5.41, 5.74) is 2.46. The van der Waals surface area contributed by atoms with Crippen molar-refractivity contribution in [2.75, 3.05) is 6.61 Å². The molecular weight excluding hydrogens is 236 g/mol. The van der Waals surface area contributed by atoms with Gasteiger partial charge in [-0.3, -0.25) is 0 Å². The van der Waals surface area contributed by atoms with Crippen LogP contribution in [-0.2, 0) is 16.1 Å². The zero-order valence-electron chi connectivity index (χ0n) is 10.9. The van der Waals surface area contributed by atoms with Crippen LogP contribution in [0.2, 0.25) is 0 Å². The third kappa shape index (κ3) is 3.22. The highest BCUT2D eigenvalue weighted by molar-refractivity contribution is 5.18. The van der Waals surface area contributed by atoms with Gasteiger partial charge >= 0.3 is 0 Å². The van der Waals surface area contributed by atoms with E-state index in [1.807, 2.05) is 24.3 Å². The van der Waals surface area contributed by atoms with Gasteiger partial charge < -0.3 is 9.47 Å². The van der Waals surface area contributed by atoms with Gasteiger partial charge in [0.25, 0.3) is 0 Å². The maximum atomic E-state index is 5.92. The van der Waals surface area contributed by atoms with Crippen LogP contribution >= 0.6 is 0 Å². The largest absolute Gasteiger partial charge is 0.371 e. The van der Waals surface area contributed by atoms with E-state index in [2.05, 4.69) is 36.4 Å². The minimum Gasteiger partial charge on any atom is -0.371 e. The Labute approximate surface area is 114 Å². The molecule has 0 radical (unpaired) electrons. The highest BCUT2D eigenvalue weighted by Crippen LogP contribution is 2.30. The van der Waals surface area contributed by atoms with Gasteiger partial charge in [-0.1, -0.05) is 60.7 Å². The van der Waals surface area contributed by atoms with Crippen molar-refractivity contribution >= 4 is 0 Å². The van der Waals surface area contributed by atoms with Crippen molar-refractivity contribution in [2.45, 2.75) is 25.2 Å². The minimum atomic E-state index is 0.182. The van der Waals surface area contributed by atoms with Crippen LogP contribution < -0.4 is 0 Å². The second kappa shape index (κ2) is 6.00. The molecule has 1 aliphatic rings. The molecule has 1 fully saturated rings. The first kappa shape index (κ1) is 12.4. The SMILES string of the molecule is c1ccc(COC2COC(c3ccccc3)C2)cc1. The normalized spacial score (nSPS) is 22.5. The second-order valence-electron chi connectivity index (χ2n) is 4.89. The van der Waals surface area contributed by atoms with Gasteiger partial charge in [-0.25, -0.2) is 0 Å². The summed E-state index contributed by atoms with van der Waals surface area (Å²) in [4.78, 5) is 0. The predicted octanol–water partition coefficient (Wildman–Crippen LogP) is 3.73. The highest BCUT2D eigenvalue weighted by Gasteiger charge is 2.27. The molecule has 0 spiro atoms. The van der Waals surface area contributed by atoms with Crippen LogP contribution in [-0.4, -0.2) is 12.7 Å². The monoisotopic (exact) mass is 254 g/mol. The lowest BCUT2D eigenvalue weighted by Gasteiger charge is -2.11. The summed E-state index contributed by atoms with van der Waals surface area (Å²) in [5, 5.41) is 0. The molecule has 2 nitrogen and oxygen atoms in total. The van der Waals surface area contributed by atoms with Gasteiger partial charge in [0, 0.05) is 6.42 Å². The van der Waals surface area contributed by atoms with Crippen molar-refractivity contribution in [3.63, 3.8) is 0 Å². The van der Waals surface area contributed by atoms with Crippen molar-refractivity contribution in [1.82, 2.24) is 0 Å². The van der Waals surface area contributed by atoms with E-state index >= 15 is 0 Å². The Balaban J connectivity index is 1.52. The molecule has 0 saturated carbocycles. The van der Waals surface area contributed by atoms with E-state index in [0.717, 1.165) is 6.42 Å². The molecule has 0 N–H and O–H groups in total. The van der Waals surface area contributed by atoms with Gasteiger partial charge in [0.05, 0.1) is 25.4 Å². The molecule has 2 atom stereocenters. The van der Waals surface area contributed by atoms with Crippen LogP contribution in [0.5, 0.6) is 0 Å². The molecule has 1 saturated heterocycles. The van der Waals surface area contributed by atoms with Crippen LogP contribution in [0.3, 0.4) is 0 Å². The number of benzene rings is 2. The zero-order chi connectivity index (χ0) is 12.9. The van der Waals surface area contributed by atoms with Crippen LogP contribution in [0.25, 0.3) is 0 Å². The van der Waals surface area contributed by atoms with E-state index in [1.54, 1.807) is 0 Å². The molecule has 0 bridgehead atoms. The molecule has 2 aromatic carbocycles. The van der Waals surface area contributed by atoms with Gasteiger partial charge in [0.15, 0.2) is 0 Å². The lowest BCUT2D eigenvalue weighted by atomic mass is 10.1. The fourth-order valence-corrected chi connectivity index (χ4v) is 2.40. The van der Waals surface area contributed by atoms with Crippen LogP contribution in [0, 0.1) is 0 Å². The zero-order valence-corrected chi connectivity index (χ0v) is 10.9. The maximum Gasteiger partial charge on any atom is 0.0851 e. The minimum absolute atomic E-state index is 0.182. The average molecular weight is 254 g/mol. The molecule has 0 aromatic heterocycles. The molecule has 2 heteroatoms. The molecule has 19 heavy (non-hydrogen) atoms. The summed E-state index contributed by atoms with van der Waals surface area (Å²) in [6.45, 7) is 1.35. The summed E-state index contributed by atoms with van der Waals surface area (Å²) < 4.78 is 11.7. The van der Waals surface area contributed by atoms with Gasteiger partial charge in [0.2, 0.25) is 0 Å². The fourth-order valence-electron chi connectivity index (χ4n) is 2.40. The standard InChI is InChI=1S/C17H18O2/c1-3-7-14(8-4-1)12-18-16-11-17(19-13-16)15-9-5-2-6-10-15/h1-10,16-17H,11-13H2. The fraction of sp³-hybridized carbons (Fsp3) is 0.294. The summed E-state index contributed by atoms with van der Waals surface area (Å²) in [5.74, 6) is 0. The van der Waals surface area contributed by atoms with Gasteiger partial charge in [-0.15, -0.1) is 0 Å². The van der Waals surface area contributed by atoms with E-state index < -0.39 is 0 Å². The average Bonchev–Trinajstić information content (AvgIpc) is 2.96. The molecule has 0 aliphatic carbocycles. The van der Waals surface area contributed by atoms with Crippen LogP contribution in [0.4, 0.5) is 0 Å². The molecule has 0 amide bonds. The lowest BCUT2D eigenvalue weighted by molar-refractivity contribution is 0.0275. The van der Waals surface area contributed by atoms with Crippen LogP contribution in [0.1, 0.15) is 23.7 Å². The first-order chi connectivity index (χ1) is 9.42. The van der Waals surface area contributed by atoms with E-state index in [0.29, 0.717) is 13.2 Å². The Morgan fingerprint density at radius 3 is 2.37 bits per heavy atom. The van der Waals surface area contributed by atoms with E-state index in [4.69, 9.17) is 9.47 Å². The third-order valence-corrected chi connectivity index (χ3v) is 3.46. The van der Waals surface area contributed by atoms with E-state index in [-0.39, 0.29) is 12.2 Å². The van der Waals surface area contributed by atoms with Gasteiger partial charge in [-0.2, -0.15) is 0 Å². The van der Waals surface area contributed by atoms with Crippen molar-refractivity contribution in [3.05, 3.63) is 71.8 Å². The first-order valence-electron chi connectivity index (χ1n) is 6.74. The summed E-state index contributed by atoms with van der Waals surface area (Å²) >= 11 is 0. The Morgan fingerprint density at radius 1 is 0.947 bits per heavy atom. The molecule has 2 unspecified atom stereocenters. The summed E-state index contributed by atoms with van der Waals surface area (Å²) in [6.07, 6.45) is 1.32. The molecule has 98 valence electrons. The maximum absolute atomic E-state index is 5.92. The smallest absolute Gasteiger partial charge is 0.0851 e. The van der Waals surface area contributed by atoms with E-state index in [9.17, 15) is 0 Å². The molecule has 1 heterocycles. The number of hydrogen-bond donors (Lipinski definition) is 0. The number of rotatable bonds is 4. The predicted molar refractivity (Wildman–Crippen MR) is 74.8 cm³/mol. The van der Waals surface area contributed by atoms with Crippen LogP contribution in [0.15, 0.2) is 60.7 Å². The summed E-state index contributed by atoms with van der Waals surface area (Å²) in [6, 6.07) is 20.6. The van der Waals surface area contributed by atoms with Crippen molar-refractivity contribution in [2.24, 2.45) is 0 Å². The third-order valence-electron chi connectivity index (χ3n) is 3.46. The Bertz CT molecular complexity index is 495. The molecule has 1 aliphatic heterocycles. The van der Waals surface area contributed by atoms with Gasteiger partial charge in [0.1, 0.15) is 0 Å². The molecule has 3 rings (SSSR count). The topological polar surface area (TPSA) is 18.5 Å². The van der Waals surface area contributed by atoms with Gasteiger partial charge in [-0.05, 0) is 11.1 Å². The first-order valence-corrected chi connectivity index (χ1v) is 6.74. The lowest BCUT2D eigenvalue weighted by Crippen LogP contribution is -2.11. The highest BCUT2D eigenvalue weighted by atomic mass is 16.5. The molecular formula is C17H18O2. The Morgan fingerprint density at radius 2 is 1.63 bits per heavy atom. The quantitative estimate of drug-likeness (QED) is 0.827. The molecule has 2 aromatic rings. The van der Waals surface area contributed by atoms with E-state index in [1.165, 1.54) is 11.1 Å². The van der Waals surface area contributed by atoms with Crippen molar-refractivity contribution in [3.8, 4) is 0 Å². The Hall–Kier alpha value is -1.64. The van der Waals surface area contributed by atoms with Crippen molar-refractivity contribution < 1.29 is 9.47 Å². The van der Waals surface area contributed by atoms with Crippen molar-refractivity contribution in [1.29, 1.82) is 0 Å². The number of hydrogen-bond acceptors (Lipinski definition) is 2. The summed E-state index contributed by atoms with van der Waals surface area (Å²) in [7, 11) is 0.